The number of amides is 1. The van der Waals surface area contributed by atoms with E-state index < -0.39 is 0 Å². The lowest BCUT2D eigenvalue weighted by atomic mass is 10.1. The van der Waals surface area contributed by atoms with E-state index in [4.69, 9.17) is 0 Å². The van der Waals surface area contributed by atoms with Crippen LogP contribution in [0.3, 0.4) is 0 Å². The van der Waals surface area contributed by atoms with Crippen molar-refractivity contribution in [1.29, 1.82) is 0 Å². The zero-order valence-corrected chi connectivity index (χ0v) is 10.3. The molecule has 1 aromatic carbocycles. The van der Waals surface area contributed by atoms with Gasteiger partial charge in [0.1, 0.15) is 0 Å². The zero-order valence-electron chi connectivity index (χ0n) is 10.3. The first kappa shape index (κ1) is 12.1. The fourth-order valence-corrected chi connectivity index (χ4v) is 1.73. The van der Waals surface area contributed by atoms with Crippen LogP contribution in [0.25, 0.3) is 0 Å². The molecule has 0 spiro atoms. The normalized spacial score (nSPS) is 14.6. The highest BCUT2D eigenvalue weighted by atomic mass is 16.1. The lowest BCUT2D eigenvalue weighted by Gasteiger charge is -2.06. The predicted molar refractivity (Wildman–Crippen MR) is 69.2 cm³/mol. The van der Waals surface area contributed by atoms with Gasteiger partial charge >= 0.3 is 0 Å². The van der Waals surface area contributed by atoms with E-state index in [0.29, 0.717) is 12.6 Å². The van der Waals surface area contributed by atoms with E-state index in [1.165, 1.54) is 18.4 Å². The minimum atomic E-state index is 0.0188. The number of carbonyl (C=O) groups is 1. The van der Waals surface area contributed by atoms with Crippen LogP contribution in [0.15, 0.2) is 24.3 Å². The highest BCUT2D eigenvalue weighted by molar-refractivity contribution is 5.94. The van der Waals surface area contributed by atoms with Gasteiger partial charge in [0, 0.05) is 24.7 Å². The van der Waals surface area contributed by atoms with Crippen molar-refractivity contribution in [1.82, 2.24) is 10.6 Å². The molecule has 0 radical (unpaired) electrons. The third-order valence-corrected chi connectivity index (χ3v) is 3.05. The maximum Gasteiger partial charge on any atom is 0.251 e. The van der Waals surface area contributed by atoms with Crippen LogP contribution in [0.4, 0.5) is 0 Å². The van der Waals surface area contributed by atoms with Crippen molar-refractivity contribution in [3.05, 3.63) is 35.4 Å². The fourth-order valence-electron chi connectivity index (χ4n) is 1.73. The third-order valence-electron chi connectivity index (χ3n) is 3.05. The Morgan fingerprint density at radius 2 is 1.94 bits per heavy atom. The summed E-state index contributed by atoms with van der Waals surface area (Å²) in [6.45, 7) is 3.67. The van der Waals surface area contributed by atoms with E-state index >= 15 is 0 Å². The number of carbonyl (C=O) groups excluding carboxylic acids is 1. The van der Waals surface area contributed by atoms with E-state index in [-0.39, 0.29) is 5.91 Å². The molecule has 17 heavy (non-hydrogen) atoms. The van der Waals surface area contributed by atoms with E-state index in [1.807, 2.05) is 24.3 Å². The zero-order chi connectivity index (χ0) is 12.1. The van der Waals surface area contributed by atoms with Gasteiger partial charge in [-0.1, -0.05) is 19.1 Å². The van der Waals surface area contributed by atoms with Gasteiger partial charge in [-0.05, 0) is 37.0 Å². The molecule has 92 valence electrons. The molecule has 1 aromatic rings. The fraction of sp³-hybridized carbons (Fsp3) is 0.500. The van der Waals surface area contributed by atoms with Crippen LogP contribution < -0.4 is 10.6 Å². The van der Waals surface area contributed by atoms with Gasteiger partial charge in [0.05, 0.1) is 0 Å². The Kier molecular flexibility index (Phi) is 4.15. The Hall–Kier alpha value is -1.35. The number of hydrogen-bond acceptors (Lipinski definition) is 2. The average molecular weight is 232 g/mol. The van der Waals surface area contributed by atoms with Crippen LogP contribution in [-0.4, -0.2) is 25.0 Å². The third kappa shape index (κ3) is 3.86. The Bertz CT molecular complexity index is 368. The quantitative estimate of drug-likeness (QED) is 0.733. The molecule has 1 saturated carbocycles. The summed E-state index contributed by atoms with van der Waals surface area (Å²) >= 11 is 0. The lowest BCUT2D eigenvalue weighted by molar-refractivity contribution is 0.0954. The van der Waals surface area contributed by atoms with E-state index in [9.17, 15) is 4.79 Å². The first-order valence-corrected chi connectivity index (χ1v) is 6.40. The number of nitrogens with one attached hydrogen (secondary N) is 2. The summed E-state index contributed by atoms with van der Waals surface area (Å²) < 4.78 is 0. The second kappa shape index (κ2) is 5.82. The van der Waals surface area contributed by atoms with Crippen LogP contribution in [0, 0.1) is 0 Å². The molecule has 0 aliphatic heterocycles. The summed E-state index contributed by atoms with van der Waals surface area (Å²) in [5.41, 5.74) is 2.01. The molecule has 3 heteroatoms. The SMILES string of the molecule is CCc1ccc(C(=O)NCCNC2CC2)cc1. The highest BCUT2D eigenvalue weighted by Gasteiger charge is 2.19. The van der Waals surface area contributed by atoms with Crippen molar-refractivity contribution in [3.63, 3.8) is 0 Å². The molecule has 1 aliphatic rings. The van der Waals surface area contributed by atoms with Crippen molar-refractivity contribution in [3.8, 4) is 0 Å². The van der Waals surface area contributed by atoms with Gasteiger partial charge in [0.15, 0.2) is 0 Å². The molecular weight excluding hydrogens is 212 g/mol. The Morgan fingerprint density at radius 1 is 1.24 bits per heavy atom. The largest absolute Gasteiger partial charge is 0.351 e. The molecule has 0 atom stereocenters. The molecule has 1 aliphatic carbocycles. The molecule has 0 unspecified atom stereocenters. The predicted octanol–water partition coefficient (Wildman–Crippen LogP) is 1.73. The lowest BCUT2D eigenvalue weighted by Crippen LogP contribution is -2.32. The molecule has 0 heterocycles. The average Bonchev–Trinajstić information content (AvgIpc) is 3.18. The second-order valence-corrected chi connectivity index (χ2v) is 4.53. The van der Waals surface area contributed by atoms with Crippen LogP contribution in [0.2, 0.25) is 0 Å². The summed E-state index contributed by atoms with van der Waals surface area (Å²) in [4.78, 5) is 11.8. The van der Waals surface area contributed by atoms with Gasteiger partial charge in [-0.2, -0.15) is 0 Å². The van der Waals surface area contributed by atoms with E-state index in [1.54, 1.807) is 0 Å². The first-order valence-electron chi connectivity index (χ1n) is 6.40. The van der Waals surface area contributed by atoms with E-state index in [0.717, 1.165) is 18.5 Å². The minimum Gasteiger partial charge on any atom is -0.351 e. The summed E-state index contributed by atoms with van der Waals surface area (Å²) in [5.74, 6) is 0.0188. The minimum absolute atomic E-state index is 0.0188. The van der Waals surface area contributed by atoms with Crippen LogP contribution >= 0.6 is 0 Å². The van der Waals surface area contributed by atoms with Crippen molar-refractivity contribution < 1.29 is 4.79 Å². The van der Waals surface area contributed by atoms with Crippen LogP contribution in [0.5, 0.6) is 0 Å². The van der Waals surface area contributed by atoms with Gasteiger partial charge in [-0.15, -0.1) is 0 Å². The van der Waals surface area contributed by atoms with Gasteiger partial charge in [0.25, 0.3) is 5.91 Å². The molecular formula is C14H20N2O. The standard InChI is InChI=1S/C14H20N2O/c1-2-11-3-5-12(6-4-11)14(17)16-10-9-15-13-7-8-13/h3-6,13,15H,2,7-10H2,1H3,(H,16,17). The summed E-state index contributed by atoms with van der Waals surface area (Å²) in [6.07, 6.45) is 3.58. The molecule has 2 N–H and O–H groups in total. The maximum atomic E-state index is 11.8. The van der Waals surface area contributed by atoms with Crippen molar-refractivity contribution in [2.24, 2.45) is 0 Å². The Labute approximate surface area is 103 Å². The summed E-state index contributed by atoms with van der Waals surface area (Å²) in [7, 11) is 0. The van der Waals surface area contributed by atoms with E-state index in [2.05, 4.69) is 17.6 Å². The number of aryl methyl sites for hydroxylation is 1. The monoisotopic (exact) mass is 232 g/mol. The smallest absolute Gasteiger partial charge is 0.251 e. The Balaban J connectivity index is 1.73. The van der Waals surface area contributed by atoms with Crippen LogP contribution in [0.1, 0.15) is 35.7 Å². The maximum absolute atomic E-state index is 11.8. The van der Waals surface area contributed by atoms with Crippen molar-refractivity contribution in [2.45, 2.75) is 32.2 Å². The van der Waals surface area contributed by atoms with Crippen LogP contribution in [-0.2, 0) is 6.42 Å². The number of hydrogen-bond donors (Lipinski definition) is 2. The second-order valence-electron chi connectivity index (χ2n) is 4.53. The molecule has 2 rings (SSSR count). The highest BCUT2D eigenvalue weighted by Crippen LogP contribution is 2.17. The molecule has 0 bridgehead atoms. The Morgan fingerprint density at radius 3 is 2.53 bits per heavy atom. The van der Waals surface area contributed by atoms with Gasteiger partial charge < -0.3 is 10.6 Å². The van der Waals surface area contributed by atoms with Gasteiger partial charge in [-0.25, -0.2) is 0 Å². The molecule has 0 saturated heterocycles. The molecule has 3 nitrogen and oxygen atoms in total. The van der Waals surface area contributed by atoms with Gasteiger partial charge in [-0.3, -0.25) is 4.79 Å². The number of rotatable bonds is 6. The molecule has 1 fully saturated rings. The summed E-state index contributed by atoms with van der Waals surface area (Å²) in [6, 6.07) is 8.51. The van der Waals surface area contributed by atoms with Gasteiger partial charge in [0.2, 0.25) is 0 Å². The number of benzene rings is 1. The molecule has 1 amide bonds. The summed E-state index contributed by atoms with van der Waals surface area (Å²) in [5, 5.41) is 6.29. The first-order chi connectivity index (χ1) is 8.29. The van der Waals surface area contributed by atoms with Crippen molar-refractivity contribution >= 4 is 5.91 Å². The van der Waals surface area contributed by atoms with Crippen molar-refractivity contribution in [2.75, 3.05) is 13.1 Å². The molecule has 0 aromatic heterocycles. The topological polar surface area (TPSA) is 41.1 Å².